The van der Waals surface area contributed by atoms with Crippen LogP contribution in [-0.2, 0) is 12.8 Å². The van der Waals surface area contributed by atoms with Gasteiger partial charge in [0, 0.05) is 0 Å². The van der Waals surface area contributed by atoms with Crippen LogP contribution in [0.3, 0.4) is 0 Å². The SMILES string of the molecule is C=CC.C=Cc1cc(C2CCC(C(C)CC(C)C)CC2)ccc1CC(=C)C1CCC(C(=C)Cc2ccc(C(C)C)cc2)CC1.CC.CC.CC.Cc1ccccc1C. The molecule has 0 heterocycles. The van der Waals surface area contributed by atoms with Crippen LogP contribution in [-0.4, -0.2) is 0 Å². The van der Waals surface area contributed by atoms with Gasteiger partial charge in [-0.3, -0.25) is 0 Å². The van der Waals surface area contributed by atoms with Crippen molar-refractivity contribution in [3.05, 3.63) is 149 Å². The Labute approximate surface area is 362 Å². The molecule has 324 valence electrons. The standard InChI is InChI=1S/C41H58.C8H10.C3H6.3C2H6/c1-9-34-27-41(39-20-18-36(19-21-39)30(6)24-28(2)3)23-22-40(34)26-32(8)38-16-14-37(15-17-38)31(7)25-33-10-12-35(13-11-33)29(4)5;1-7-5-3-4-6-8(7)2;1-3-2;3*1-2/h9-13,22-23,27-30,36-39H,1,7-8,14-21,24-26H2,2-6H3;3-6H,1-2H3;3H,1H2,2H3;3*1-2H3. The second kappa shape index (κ2) is 31.5. The molecule has 0 nitrogen and oxygen atoms in total. The number of allylic oxidation sites excluding steroid dienone is 3. The molecule has 0 bridgehead atoms. The van der Waals surface area contributed by atoms with Crippen molar-refractivity contribution in [1.82, 2.24) is 0 Å². The van der Waals surface area contributed by atoms with Gasteiger partial charge in [-0.05, 0) is 172 Å². The maximum Gasteiger partial charge on any atom is -0.00611 e. The molecule has 0 aliphatic heterocycles. The van der Waals surface area contributed by atoms with Crippen molar-refractivity contribution in [2.45, 2.75) is 179 Å². The van der Waals surface area contributed by atoms with E-state index < -0.39 is 0 Å². The Kier molecular flexibility index (Phi) is 29.7. The first-order chi connectivity index (χ1) is 27.9. The highest BCUT2D eigenvalue weighted by atomic mass is 14.3. The van der Waals surface area contributed by atoms with Crippen molar-refractivity contribution in [2.75, 3.05) is 0 Å². The number of rotatable bonds is 12. The molecule has 2 saturated carbocycles. The predicted molar refractivity (Wildman–Crippen MR) is 267 cm³/mol. The predicted octanol–water partition coefficient (Wildman–Crippen LogP) is 18.7. The first kappa shape index (κ1) is 54.6. The van der Waals surface area contributed by atoms with Crippen LogP contribution in [0.25, 0.3) is 6.08 Å². The summed E-state index contributed by atoms with van der Waals surface area (Å²) in [5.41, 5.74) is 12.6. The fourth-order valence-corrected chi connectivity index (χ4v) is 8.56. The molecule has 3 aromatic rings. The number of aryl methyl sites for hydroxylation is 2. The van der Waals surface area contributed by atoms with E-state index in [0.717, 1.165) is 30.6 Å². The Morgan fingerprint density at radius 1 is 0.638 bits per heavy atom. The smallest absolute Gasteiger partial charge is 0.00611 e. The first-order valence-corrected chi connectivity index (χ1v) is 23.6. The summed E-state index contributed by atoms with van der Waals surface area (Å²) >= 11 is 0. The van der Waals surface area contributed by atoms with Gasteiger partial charge in [-0.15, -0.1) is 6.58 Å². The van der Waals surface area contributed by atoms with Gasteiger partial charge >= 0.3 is 0 Å². The summed E-state index contributed by atoms with van der Waals surface area (Å²) in [6.45, 7) is 46.6. The van der Waals surface area contributed by atoms with Crippen molar-refractivity contribution in [2.24, 2.45) is 29.6 Å². The van der Waals surface area contributed by atoms with Crippen molar-refractivity contribution < 1.29 is 0 Å². The molecule has 0 N–H and O–H groups in total. The molecule has 0 heteroatoms. The number of hydrogen-bond donors (Lipinski definition) is 0. The summed E-state index contributed by atoms with van der Waals surface area (Å²) in [6.07, 6.45) is 17.7. The monoisotopic (exact) mass is 789 g/mol. The lowest BCUT2D eigenvalue weighted by molar-refractivity contribution is 0.220. The van der Waals surface area contributed by atoms with Gasteiger partial charge in [0.2, 0.25) is 0 Å². The third-order valence-electron chi connectivity index (χ3n) is 12.1. The van der Waals surface area contributed by atoms with Crippen LogP contribution in [0, 0.1) is 43.4 Å². The molecule has 2 aliphatic rings. The summed E-state index contributed by atoms with van der Waals surface area (Å²) in [6, 6.07) is 24.8. The molecule has 58 heavy (non-hydrogen) atoms. The summed E-state index contributed by atoms with van der Waals surface area (Å²) in [4.78, 5) is 0. The van der Waals surface area contributed by atoms with Crippen molar-refractivity contribution in [3.8, 4) is 0 Å². The Morgan fingerprint density at radius 2 is 1.10 bits per heavy atom. The zero-order valence-electron chi connectivity index (χ0n) is 40.7. The van der Waals surface area contributed by atoms with Crippen LogP contribution in [0.5, 0.6) is 0 Å². The summed E-state index contributed by atoms with van der Waals surface area (Å²) in [5.74, 6) is 5.17. The molecule has 0 amide bonds. The van der Waals surface area contributed by atoms with Gasteiger partial charge in [0.15, 0.2) is 0 Å². The molecule has 0 saturated heterocycles. The number of hydrogen-bond acceptors (Lipinski definition) is 0. The Morgan fingerprint density at radius 3 is 1.52 bits per heavy atom. The largest absolute Gasteiger partial charge is 0.103 e. The lowest BCUT2D eigenvalue weighted by Gasteiger charge is -2.33. The molecular weight excluding hydrogens is 697 g/mol. The summed E-state index contributed by atoms with van der Waals surface area (Å²) in [7, 11) is 0. The fourth-order valence-electron chi connectivity index (χ4n) is 8.56. The van der Waals surface area contributed by atoms with E-state index in [4.69, 9.17) is 0 Å². The zero-order chi connectivity index (χ0) is 44.2. The van der Waals surface area contributed by atoms with Crippen molar-refractivity contribution in [3.63, 3.8) is 0 Å². The van der Waals surface area contributed by atoms with Crippen molar-refractivity contribution >= 4 is 6.08 Å². The highest BCUT2D eigenvalue weighted by molar-refractivity contribution is 5.55. The molecule has 2 fully saturated rings. The summed E-state index contributed by atoms with van der Waals surface area (Å²) < 4.78 is 0. The van der Waals surface area contributed by atoms with Crippen LogP contribution < -0.4 is 0 Å². The Hall–Kier alpha value is -3.38. The normalized spacial score (nSPS) is 18.7. The van der Waals surface area contributed by atoms with Gasteiger partial charge in [0.25, 0.3) is 0 Å². The van der Waals surface area contributed by atoms with E-state index in [1.165, 1.54) is 108 Å². The van der Waals surface area contributed by atoms with Gasteiger partial charge < -0.3 is 0 Å². The van der Waals surface area contributed by atoms with Crippen LogP contribution in [0.2, 0.25) is 0 Å². The topological polar surface area (TPSA) is 0 Å². The van der Waals surface area contributed by atoms with Crippen LogP contribution >= 0.6 is 0 Å². The molecule has 0 radical (unpaired) electrons. The molecule has 1 unspecified atom stereocenters. The van der Waals surface area contributed by atoms with E-state index in [1.807, 2.05) is 48.5 Å². The fraction of sp³-hybridized carbons (Fsp3) is 0.552. The number of benzene rings is 3. The van der Waals surface area contributed by atoms with Gasteiger partial charge in [-0.25, -0.2) is 0 Å². The minimum absolute atomic E-state index is 0.587. The van der Waals surface area contributed by atoms with E-state index in [2.05, 4.69) is 148 Å². The molecule has 0 aromatic heterocycles. The van der Waals surface area contributed by atoms with Gasteiger partial charge in [-0.2, -0.15) is 0 Å². The van der Waals surface area contributed by atoms with E-state index in [1.54, 1.807) is 6.08 Å². The van der Waals surface area contributed by atoms with Gasteiger partial charge in [0.05, 0.1) is 0 Å². The van der Waals surface area contributed by atoms with Gasteiger partial charge in [-0.1, -0.05) is 186 Å². The first-order valence-electron chi connectivity index (χ1n) is 23.6. The van der Waals surface area contributed by atoms with E-state index >= 15 is 0 Å². The molecule has 3 aromatic carbocycles. The third kappa shape index (κ3) is 19.6. The van der Waals surface area contributed by atoms with Crippen LogP contribution in [0.1, 0.15) is 192 Å². The Balaban J connectivity index is 0.00000162. The van der Waals surface area contributed by atoms with Crippen LogP contribution in [0.15, 0.2) is 110 Å². The molecular formula is C58H92. The minimum atomic E-state index is 0.587. The summed E-state index contributed by atoms with van der Waals surface area (Å²) in [5, 5.41) is 0. The quantitative estimate of drug-likeness (QED) is 0.160. The maximum atomic E-state index is 4.61. The average molecular weight is 789 g/mol. The highest BCUT2D eigenvalue weighted by Crippen LogP contribution is 2.42. The zero-order valence-corrected chi connectivity index (χ0v) is 40.7. The lowest BCUT2D eigenvalue weighted by Crippen LogP contribution is -2.20. The Bertz CT molecular complexity index is 1510. The molecule has 0 spiro atoms. The molecule has 1 atom stereocenters. The van der Waals surface area contributed by atoms with Crippen LogP contribution in [0.4, 0.5) is 0 Å². The van der Waals surface area contributed by atoms with Crippen molar-refractivity contribution in [1.29, 1.82) is 0 Å². The molecule has 2 aliphatic carbocycles. The lowest BCUT2D eigenvalue weighted by atomic mass is 9.72. The second-order valence-electron chi connectivity index (χ2n) is 17.0. The second-order valence-corrected chi connectivity index (χ2v) is 17.0. The van der Waals surface area contributed by atoms with Gasteiger partial charge in [0.1, 0.15) is 0 Å². The van der Waals surface area contributed by atoms with E-state index in [-0.39, 0.29) is 0 Å². The average Bonchev–Trinajstić information content (AvgIpc) is 3.25. The maximum absolute atomic E-state index is 4.61. The highest BCUT2D eigenvalue weighted by Gasteiger charge is 2.28. The minimum Gasteiger partial charge on any atom is -0.103 e. The third-order valence-corrected chi connectivity index (χ3v) is 12.1. The molecule has 5 rings (SSSR count). The van der Waals surface area contributed by atoms with E-state index in [9.17, 15) is 0 Å². The van der Waals surface area contributed by atoms with E-state index in [0.29, 0.717) is 23.7 Å².